The SMILES string of the molecule is CNc1ccc(C(CC(=O)OCCCN)c2ccc(C)c(CN3CCN(C)c4ccccc4S3(=O)=O)c2)c(C)c1N. The fraction of sp³-hybridized carbons (Fsp3) is 0.387. The molecule has 1 unspecified atom stereocenters. The number of nitrogens with zero attached hydrogens (tertiary/aromatic N) is 2. The molecule has 0 fully saturated rings. The van der Waals surface area contributed by atoms with E-state index in [0.29, 0.717) is 42.3 Å². The number of hydrogen-bond donors (Lipinski definition) is 3. The number of aryl methyl sites for hydroxylation is 1. The molecule has 220 valence electrons. The van der Waals surface area contributed by atoms with Crippen molar-refractivity contribution in [1.82, 2.24) is 4.31 Å². The summed E-state index contributed by atoms with van der Waals surface area (Å²) in [5, 5.41) is 3.11. The maximum Gasteiger partial charge on any atom is 0.306 e. The van der Waals surface area contributed by atoms with Crippen molar-refractivity contribution >= 4 is 33.1 Å². The molecule has 10 heteroatoms. The third kappa shape index (κ3) is 6.50. The van der Waals surface area contributed by atoms with Gasteiger partial charge in [0.15, 0.2) is 0 Å². The number of nitrogens with two attached hydrogens (primary N) is 2. The molecule has 0 saturated heterocycles. The predicted molar refractivity (Wildman–Crippen MR) is 165 cm³/mol. The lowest BCUT2D eigenvalue weighted by molar-refractivity contribution is -0.143. The highest BCUT2D eigenvalue weighted by Crippen LogP contribution is 2.37. The number of para-hydroxylation sites is 1. The number of carbonyl (C=O) groups excluding carboxylic acids is 1. The quantitative estimate of drug-likeness (QED) is 0.187. The monoisotopic (exact) mass is 579 g/mol. The smallest absolute Gasteiger partial charge is 0.306 e. The minimum atomic E-state index is -3.72. The molecule has 1 aliphatic heterocycles. The summed E-state index contributed by atoms with van der Waals surface area (Å²) in [7, 11) is 0.00643. The van der Waals surface area contributed by atoms with Gasteiger partial charge in [-0.3, -0.25) is 4.79 Å². The first-order valence-corrected chi connectivity index (χ1v) is 15.3. The van der Waals surface area contributed by atoms with Crippen LogP contribution < -0.4 is 21.7 Å². The topological polar surface area (TPSA) is 131 Å². The largest absolute Gasteiger partial charge is 0.466 e. The second-order valence-electron chi connectivity index (χ2n) is 10.5. The Kier molecular flexibility index (Phi) is 9.57. The van der Waals surface area contributed by atoms with E-state index in [0.717, 1.165) is 33.5 Å². The van der Waals surface area contributed by atoms with Gasteiger partial charge >= 0.3 is 5.97 Å². The number of nitrogens with one attached hydrogen (secondary N) is 1. The van der Waals surface area contributed by atoms with E-state index >= 15 is 0 Å². The number of nitrogen functional groups attached to an aromatic ring is 1. The summed E-state index contributed by atoms with van der Waals surface area (Å²) in [5.74, 6) is -0.656. The van der Waals surface area contributed by atoms with Crippen LogP contribution in [0.25, 0.3) is 0 Å². The van der Waals surface area contributed by atoms with Gasteiger partial charge in [0.05, 0.1) is 30.1 Å². The zero-order valence-corrected chi connectivity index (χ0v) is 25.1. The summed E-state index contributed by atoms with van der Waals surface area (Å²) in [6.07, 6.45) is 0.711. The number of ether oxygens (including phenoxy) is 1. The van der Waals surface area contributed by atoms with Gasteiger partial charge in [0.1, 0.15) is 4.90 Å². The first kappa shape index (κ1) is 30.4. The van der Waals surface area contributed by atoms with E-state index in [2.05, 4.69) is 5.32 Å². The Labute approximate surface area is 243 Å². The molecular weight excluding hydrogens is 538 g/mol. The maximum absolute atomic E-state index is 13.7. The number of rotatable bonds is 10. The average molecular weight is 580 g/mol. The van der Waals surface area contributed by atoms with Gasteiger partial charge in [-0.1, -0.05) is 36.4 Å². The molecule has 0 amide bonds. The van der Waals surface area contributed by atoms with Gasteiger partial charge in [0.2, 0.25) is 10.0 Å². The van der Waals surface area contributed by atoms with Crippen molar-refractivity contribution in [3.8, 4) is 0 Å². The Hall–Kier alpha value is -3.60. The molecule has 9 nitrogen and oxygen atoms in total. The van der Waals surface area contributed by atoms with E-state index in [4.69, 9.17) is 16.2 Å². The zero-order valence-electron chi connectivity index (χ0n) is 24.3. The number of esters is 1. The van der Waals surface area contributed by atoms with E-state index in [-0.39, 0.29) is 31.5 Å². The minimum absolute atomic E-state index is 0.117. The highest BCUT2D eigenvalue weighted by atomic mass is 32.2. The zero-order chi connectivity index (χ0) is 29.7. The Balaban J connectivity index is 1.72. The van der Waals surface area contributed by atoms with E-state index in [9.17, 15) is 13.2 Å². The number of benzene rings is 3. The Bertz CT molecular complexity index is 1510. The molecule has 3 aromatic rings. The normalized spacial score (nSPS) is 15.6. The van der Waals surface area contributed by atoms with Crippen LogP contribution in [0.5, 0.6) is 0 Å². The molecule has 41 heavy (non-hydrogen) atoms. The summed E-state index contributed by atoms with van der Waals surface area (Å²) >= 11 is 0. The standard InChI is InChI=1S/C31H41N5O4S/c1-21-10-11-23(18-24(21)20-36-16-15-35(4)28-8-5-6-9-29(28)41(36,38)39)26(19-30(37)40-17-7-14-32)25-12-13-27(34-3)31(33)22(25)2/h5-6,8-13,18,26,34H,7,14-17,19-20,32-33H2,1-4H3. The van der Waals surface area contributed by atoms with Gasteiger partial charge in [-0.2, -0.15) is 4.31 Å². The molecule has 0 aromatic heterocycles. The molecule has 0 radical (unpaired) electrons. The van der Waals surface area contributed by atoms with E-state index < -0.39 is 10.0 Å². The van der Waals surface area contributed by atoms with Gasteiger partial charge in [-0.25, -0.2) is 8.42 Å². The minimum Gasteiger partial charge on any atom is -0.466 e. The highest BCUT2D eigenvalue weighted by Gasteiger charge is 2.32. The number of fused-ring (bicyclic) bond motifs is 1. The van der Waals surface area contributed by atoms with Crippen LogP contribution in [0.15, 0.2) is 59.5 Å². The van der Waals surface area contributed by atoms with Crippen LogP contribution in [0.4, 0.5) is 17.1 Å². The van der Waals surface area contributed by atoms with Crippen LogP contribution in [-0.4, -0.2) is 59.0 Å². The molecule has 1 atom stereocenters. The second-order valence-corrected chi connectivity index (χ2v) is 12.4. The maximum atomic E-state index is 13.7. The van der Waals surface area contributed by atoms with Crippen LogP contribution in [0.1, 0.15) is 46.6 Å². The van der Waals surface area contributed by atoms with Crippen LogP contribution in [0.3, 0.4) is 0 Å². The Morgan fingerprint density at radius 2 is 1.85 bits per heavy atom. The second kappa shape index (κ2) is 12.9. The Morgan fingerprint density at radius 3 is 2.59 bits per heavy atom. The highest BCUT2D eigenvalue weighted by molar-refractivity contribution is 7.89. The lowest BCUT2D eigenvalue weighted by Crippen LogP contribution is -2.33. The molecule has 0 bridgehead atoms. The van der Waals surface area contributed by atoms with Crippen LogP contribution in [0, 0.1) is 13.8 Å². The molecule has 1 heterocycles. The number of hydrogen-bond acceptors (Lipinski definition) is 8. The molecule has 1 aliphatic rings. The molecule has 0 spiro atoms. The van der Waals surface area contributed by atoms with Crippen LogP contribution >= 0.6 is 0 Å². The van der Waals surface area contributed by atoms with Gasteiger partial charge in [0.25, 0.3) is 0 Å². The predicted octanol–water partition coefficient (Wildman–Crippen LogP) is 3.98. The number of likely N-dealkylation sites (N-methyl/N-ethyl adjacent to an activating group) is 1. The summed E-state index contributed by atoms with van der Waals surface area (Å²) in [5.41, 5.74) is 18.7. The van der Waals surface area contributed by atoms with Crippen molar-refractivity contribution in [3.05, 3.63) is 82.4 Å². The van der Waals surface area contributed by atoms with Crippen molar-refractivity contribution in [2.45, 2.75) is 44.0 Å². The fourth-order valence-electron chi connectivity index (χ4n) is 5.31. The molecule has 3 aromatic carbocycles. The van der Waals surface area contributed by atoms with Gasteiger partial charge < -0.3 is 26.4 Å². The van der Waals surface area contributed by atoms with E-state index in [1.807, 2.05) is 75.3 Å². The summed E-state index contributed by atoms with van der Waals surface area (Å²) in [6, 6.07) is 17.0. The Morgan fingerprint density at radius 1 is 1.10 bits per heavy atom. The summed E-state index contributed by atoms with van der Waals surface area (Å²) < 4.78 is 34.5. The molecular formula is C31H41N5O4S. The van der Waals surface area contributed by atoms with Crippen molar-refractivity contribution < 1.29 is 17.9 Å². The van der Waals surface area contributed by atoms with Crippen molar-refractivity contribution in [2.24, 2.45) is 5.73 Å². The van der Waals surface area contributed by atoms with Crippen LogP contribution in [-0.2, 0) is 26.1 Å². The lowest BCUT2D eigenvalue weighted by atomic mass is 9.84. The van der Waals surface area contributed by atoms with Crippen molar-refractivity contribution in [2.75, 3.05) is 56.3 Å². The fourth-order valence-corrected chi connectivity index (χ4v) is 6.96. The van der Waals surface area contributed by atoms with Crippen molar-refractivity contribution in [1.29, 1.82) is 0 Å². The number of sulfonamides is 1. The summed E-state index contributed by atoms with van der Waals surface area (Å²) in [4.78, 5) is 15.2. The first-order valence-electron chi connectivity index (χ1n) is 13.9. The molecule has 4 rings (SSSR count). The first-order chi connectivity index (χ1) is 19.6. The third-order valence-electron chi connectivity index (χ3n) is 7.89. The number of carbonyl (C=O) groups is 1. The lowest BCUT2D eigenvalue weighted by Gasteiger charge is -2.25. The molecule has 5 N–H and O–H groups in total. The molecule has 0 aliphatic carbocycles. The van der Waals surface area contributed by atoms with Crippen LogP contribution in [0.2, 0.25) is 0 Å². The number of anilines is 3. The van der Waals surface area contributed by atoms with E-state index in [1.165, 1.54) is 0 Å². The third-order valence-corrected chi connectivity index (χ3v) is 9.78. The molecule has 0 saturated carbocycles. The van der Waals surface area contributed by atoms with E-state index in [1.54, 1.807) is 16.4 Å². The van der Waals surface area contributed by atoms with Gasteiger partial charge in [-0.15, -0.1) is 0 Å². The van der Waals surface area contributed by atoms with Crippen molar-refractivity contribution in [3.63, 3.8) is 0 Å². The van der Waals surface area contributed by atoms with Gasteiger partial charge in [0, 0.05) is 39.6 Å². The summed E-state index contributed by atoms with van der Waals surface area (Å²) in [6.45, 7) is 5.79. The average Bonchev–Trinajstić information content (AvgIpc) is 3.05. The van der Waals surface area contributed by atoms with Gasteiger partial charge in [-0.05, 0) is 72.8 Å².